The minimum absolute atomic E-state index is 0.00924. The van der Waals surface area contributed by atoms with E-state index in [0.29, 0.717) is 61.4 Å². The van der Waals surface area contributed by atoms with Crippen LogP contribution in [0.2, 0.25) is 0 Å². The molecule has 12 amide bonds. The number of aliphatic hydroxyl groups is 1. The second kappa shape index (κ2) is 56.8. The molecule has 7 unspecified atom stereocenters. The number of aryl methyl sites for hydroxylation is 1. The number of aliphatic hydroxyl groups excluding tert-OH is 1. The summed E-state index contributed by atoms with van der Waals surface area (Å²) in [4.78, 5) is 200. The molecule has 1 fully saturated rings. The number of para-hydroxylation sites is 1. The van der Waals surface area contributed by atoms with E-state index in [4.69, 9.17) is 48.0 Å². The number of amides is 12. The Morgan fingerprint density at radius 2 is 1.13 bits per heavy atom. The number of urea groups is 3. The van der Waals surface area contributed by atoms with Gasteiger partial charge in [-0.3, -0.25) is 62.8 Å². The number of cyclic esters (lactones) is 1. The van der Waals surface area contributed by atoms with Crippen LogP contribution >= 0.6 is 0 Å². The molecule has 2 aromatic heterocycles. The number of carboxylic acids is 3. The highest BCUT2D eigenvalue weighted by Crippen LogP contribution is 2.43. The van der Waals surface area contributed by atoms with E-state index in [2.05, 4.69) is 68.5 Å². The number of hydrogen-bond acceptors (Lipinski definition) is 28. The molecular weight excluding hydrogens is 1860 g/mol. The highest BCUT2D eigenvalue weighted by Gasteiger charge is 2.52. The van der Waals surface area contributed by atoms with Crippen molar-refractivity contribution in [3.05, 3.63) is 141 Å². The number of esters is 2. The van der Waals surface area contributed by atoms with Crippen LogP contribution in [0.15, 0.2) is 113 Å². The van der Waals surface area contributed by atoms with Gasteiger partial charge in [-0.2, -0.15) is 0 Å². The van der Waals surface area contributed by atoms with Gasteiger partial charge in [0, 0.05) is 104 Å². The zero-order valence-electron chi connectivity index (χ0n) is 79.6. The van der Waals surface area contributed by atoms with Crippen LogP contribution in [0.4, 0.5) is 37.1 Å². The molecule has 141 heavy (non-hydrogen) atoms. The predicted octanol–water partition coefficient (Wildman–Crippen LogP) is 5.10. The van der Waals surface area contributed by atoms with Crippen LogP contribution in [0.25, 0.3) is 22.3 Å². The van der Waals surface area contributed by atoms with Crippen molar-refractivity contribution in [3.8, 4) is 11.4 Å². The van der Waals surface area contributed by atoms with Crippen LogP contribution in [0.5, 0.6) is 0 Å². The third-order valence-corrected chi connectivity index (χ3v) is 24.4. The number of carboxylic acid groups (broad SMARTS) is 3. The topological polar surface area (TPSA) is 622 Å². The fraction of sp³-hybridized carbons (Fsp3) is 0.516. The van der Waals surface area contributed by atoms with E-state index in [0.717, 1.165) is 22.0 Å². The van der Waals surface area contributed by atoms with Gasteiger partial charge in [0.1, 0.15) is 31.0 Å². The molecule has 9 rings (SSSR count). The molecule has 0 radical (unpaired) electrons. The Hall–Kier alpha value is -13.4. The van der Waals surface area contributed by atoms with Crippen molar-refractivity contribution in [3.63, 3.8) is 0 Å². The van der Waals surface area contributed by atoms with E-state index < -0.39 is 148 Å². The third-order valence-electron chi connectivity index (χ3n) is 23.0. The van der Waals surface area contributed by atoms with Crippen LogP contribution in [0, 0.1) is 5.92 Å². The lowest BCUT2D eigenvalue weighted by molar-refractivity contribution is -0.192. The number of nitrogens with one attached hydrogen (secondary N) is 13. The van der Waals surface area contributed by atoms with Crippen molar-refractivity contribution in [1.29, 1.82) is 0 Å². The van der Waals surface area contributed by atoms with E-state index in [1.807, 2.05) is 38.1 Å². The fourth-order valence-corrected chi connectivity index (χ4v) is 17.0. The lowest BCUT2D eigenvalue weighted by atomic mass is 9.85. The van der Waals surface area contributed by atoms with Gasteiger partial charge in [0.15, 0.2) is 0 Å². The maximum atomic E-state index is 14.5. The molecular formula is C95H128N16O29S. The fourth-order valence-electron chi connectivity index (χ4n) is 15.9. The molecule has 768 valence electrons. The molecule has 46 heteroatoms. The maximum absolute atomic E-state index is 14.5. The molecule has 6 aromatic rings. The molecule has 45 nitrogen and oxygen atoms in total. The molecule has 17 N–H and O–H groups in total. The molecule has 0 bridgehead atoms. The van der Waals surface area contributed by atoms with Crippen LogP contribution in [0.3, 0.4) is 0 Å². The molecule has 3 aliphatic heterocycles. The highest BCUT2D eigenvalue weighted by molar-refractivity contribution is 7.92. The number of likely N-dealkylation sites (tertiary alicyclic amines) is 1. The summed E-state index contributed by atoms with van der Waals surface area (Å²) in [6.07, 6.45) is -0.370. The number of carbonyl (C=O) groups excluding carboxylic acids is 11. The number of rotatable bonds is 62. The molecule has 3 aliphatic rings. The van der Waals surface area contributed by atoms with Gasteiger partial charge in [-0.05, 0) is 142 Å². The number of aromatic nitrogens is 2. The second-order valence-electron chi connectivity index (χ2n) is 33.7. The summed E-state index contributed by atoms with van der Waals surface area (Å²) in [5, 5.41) is 73.2. The number of sulfonamides is 1. The number of nitrogens with zero attached hydrogens (tertiary/aromatic N) is 3. The van der Waals surface area contributed by atoms with Crippen molar-refractivity contribution in [2.24, 2.45) is 5.92 Å². The van der Waals surface area contributed by atoms with Crippen LogP contribution in [-0.4, -0.2) is 276 Å². The van der Waals surface area contributed by atoms with Crippen LogP contribution in [-0.2, 0) is 126 Å². The zero-order valence-corrected chi connectivity index (χ0v) is 80.4. The molecule has 4 aromatic carbocycles. The maximum Gasteiger partial charge on any atom is 0.355 e. The molecule has 1 saturated heterocycles. The molecule has 7 atom stereocenters. The van der Waals surface area contributed by atoms with E-state index in [1.54, 1.807) is 31.4 Å². The highest BCUT2D eigenvalue weighted by atomic mass is 32.2. The molecule has 0 saturated carbocycles. The molecule has 0 spiro atoms. The molecule has 0 aliphatic carbocycles. The Balaban J connectivity index is 0.561. The summed E-state index contributed by atoms with van der Waals surface area (Å²) in [6, 6.07) is 19.1. The largest absolute Gasteiger partial charge is 0.481 e. The second-order valence-corrected chi connectivity index (χ2v) is 35.4. The first-order valence-electron chi connectivity index (χ1n) is 47.1. The van der Waals surface area contributed by atoms with Crippen molar-refractivity contribution < 1.29 is 134 Å². The average Bonchev–Trinajstić information content (AvgIpc) is 1.53. The van der Waals surface area contributed by atoms with Gasteiger partial charge in [0.25, 0.3) is 15.6 Å². The summed E-state index contributed by atoms with van der Waals surface area (Å²) in [7, 11) is -4.19. The summed E-state index contributed by atoms with van der Waals surface area (Å²) >= 11 is 0. The first-order chi connectivity index (χ1) is 67.7. The van der Waals surface area contributed by atoms with Crippen molar-refractivity contribution in [2.45, 2.75) is 197 Å². The van der Waals surface area contributed by atoms with Gasteiger partial charge >= 0.3 is 47.9 Å². The van der Waals surface area contributed by atoms with Gasteiger partial charge in [0.2, 0.25) is 41.0 Å². The number of hydrogen-bond donors (Lipinski definition) is 17. The van der Waals surface area contributed by atoms with E-state index >= 15 is 0 Å². The van der Waals surface area contributed by atoms with E-state index in [1.165, 1.54) is 77.7 Å². The molecule has 5 heterocycles. The normalized spacial score (nSPS) is 15.2. The standard InChI is InChI=1S/C95H128N16O29S/c1-6-34-99-92(128)103-63-18-14-20-65(53-63)141(131,132)109-64-19-13-17-60(52-64)73(55-82(118)119)107-94(130)102-62-29-27-61(28-30-62)101-93(129)100-38-43-136-47-51-138-48-44-133-40-32-79(114)104-72(86(122)98-36-31-81(116)117)23-11-12-35-96-77(112)25-15-26-78(113)97-37-42-135-46-50-137-49-45-134-41-33-80(115)105-74(56-83(120)121)89(125)110-39-16-24-75(110)87(123)108-84(59(4)5)90(126)140-95(8-3)70-54-76-85-68(57-111(76)88(124)69(70)58-139-91(95)127)66(7-2)67-21-9-10-22-71(67)106-85/h9-10,13-14,17-22,27-30,52-54,59,72-75,84,87,108-109,123H,6-8,11-12,15-16,23-26,31-51,55-58H2,1-5H3,(H,96,112)(H,97,113)(H,98,122)(H,104,114)(H,105,115)(H,116,117)(H,118,119)(H,120,121)(H2,99,103,128)(H2,100,101,129)(H2,102,107,130). The van der Waals surface area contributed by atoms with Gasteiger partial charge in [-0.15, -0.1) is 0 Å². The van der Waals surface area contributed by atoms with Crippen molar-refractivity contribution >= 4 is 127 Å². The zero-order chi connectivity index (χ0) is 102. The first-order valence-corrected chi connectivity index (χ1v) is 48.5. The SMILES string of the molecule is CCCNC(=O)Nc1cccc(S(=O)(=O)Nc2cccc(C(CC(=O)O)NC(=O)Nc3ccc(NC(=O)NCCOCCOCCOCCC(=O)NC(CCCCNC(=O)CCCC(=O)NCCOCCOCCOCCC(=O)NC(CC(=O)O)C(=O)N4CCCC4C(O)NC(C(=O)OC4(CC)C(=O)OCc5c4cc4n(c5=O)Cc5c-4nc4ccccc4c5CC)C(C)C)C(=O)NCCC(=O)O)cc3)c2)c1. The third kappa shape index (κ3) is 34.8. The average molecular weight is 1990 g/mol. The van der Waals surface area contributed by atoms with E-state index in [-0.39, 0.29) is 228 Å². The Labute approximate surface area is 814 Å². The number of carbonyl (C=O) groups is 14. The minimum atomic E-state index is -4.19. The number of fused-ring (bicyclic) bond motifs is 5. The number of benzene rings is 4. The van der Waals surface area contributed by atoms with Gasteiger partial charge in [-0.25, -0.2) is 32.6 Å². The van der Waals surface area contributed by atoms with Gasteiger partial charge in [-0.1, -0.05) is 71.0 Å². The summed E-state index contributed by atoms with van der Waals surface area (Å²) in [6.45, 7) is 11.1. The smallest absolute Gasteiger partial charge is 0.355 e. The Morgan fingerprint density at radius 1 is 0.553 bits per heavy atom. The lowest BCUT2D eigenvalue weighted by Gasteiger charge is -2.38. The Kier molecular flexibility index (Phi) is 44.8. The first kappa shape index (κ1) is 111. The number of pyridine rings is 2. The lowest BCUT2D eigenvalue weighted by Crippen LogP contribution is -2.59. The van der Waals surface area contributed by atoms with Gasteiger partial charge in [0.05, 0.1) is 145 Å². The van der Waals surface area contributed by atoms with E-state index in [9.17, 15) is 95.7 Å². The minimum Gasteiger partial charge on any atom is -0.481 e. The summed E-state index contributed by atoms with van der Waals surface area (Å²) < 4.78 is 75.8. The van der Waals surface area contributed by atoms with Crippen LogP contribution < -0.4 is 74.1 Å². The quantitative estimate of drug-likeness (QED) is 0.0134. The summed E-state index contributed by atoms with van der Waals surface area (Å²) in [5.74, 6) is -9.30. The predicted molar refractivity (Wildman–Crippen MR) is 511 cm³/mol. The van der Waals surface area contributed by atoms with Crippen molar-refractivity contribution in [1.82, 2.24) is 62.3 Å². The Morgan fingerprint density at radius 3 is 1.75 bits per heavy atom. The number of unbranched alkanes of at least 4 members (excludes halogenated alkanes) is 1. The summed E-state index contributed by atoms with van der Waals surface area (Å²) in [5.41, 5.74) is 2.77. The number of anilines is 4. The monoisotopic (exact) mass is 1990 g/mol. The number of aliphatic carboxylic acids is 3. The van der Waals surface area contributed by atoms with Crippen molar-refractivity contribution in [2.75, 3.05) is 139 Å². The van der Waals surface area contributed by atoms with Gasteiger partial charge < -0.3 is 126 Å². The Bertz CT molecular complexity index is 5500. The van der Waals surface area contributed by atoms with Crippen LogP contribution in [0.1, 0.15) is 165 Å². The number of ether oxygens (including phenoxy) is 8.